The SMILES string of the molecule is CC(C)CCCC(C)CCOc1ccc(C(=O)Nc2cccc3c2OC(c2nn[nH]n2)CO3)cc1. The number of para-hydroxylation sites is 1. The molecule has 1 aliphatic heterocycles. The predicted molar refractivity (Wildman–Crippen MR) is 132 cm³/mol. The van der Waals surface area contributed by atoms with Gasteiger partial charge in [0.25, 0.3) is 5.91 Å². The summed E-state index contributed by atoms with van der Waals surface area (Å²) in [7, 11) is 0. The van der Waals surface area contributed by atoms with Gasteiger partial charge < -0.3 is 19.5 Å². The molecule has 4 rings (SSSR count). The molecule has 0 saturated heterocycles. The number of anilines is 1. The van der Waals surface area contributed by atoms with Gasteiger partial charge in [-0.1, -0.05) is 51.3 Å². The summed E-state index contributed by atoms with van der Waals surface area (Å²) in [6, 6.07) is 12.5. The molecule has 1 amide bonds. The summed E-state index contributed by atoms with van der Waals surface area (Å²) < 4.78 is 17.7. The van der Waals surface area contributed by atoms with Crippen molar-refractivity contribution in [2.45, 2.75) is 52.6 Å². The van der Waals surface area contributed by atoms with Gasteiger partial charge in [-0.25, -0.2) is 0 Å². The van der Waals surface area contributed by atoms with Gasteiger partial charge in [0.1, 0.15) is 12.4 Å². The van der Waals surface area contributed by atoms with Gasteiger partial charge >= 0.3 is 0 Å². The lowest BCUT2D eigenvalue weighted by atomic mass is 9.98. The van der Waals surface area contributed by atoms with Crippen LogP contribution in [0.5, 0.6) is 17.2 Å². The Bertz CT molecular complexity index is 1090. The van der Waals surface area contributed by atoms with Crippen LogP contribution >= 0.6 is 0 Å². The third-order valence-electron chi connectivity index (χ3n) is 6.00. The Hall–Kier alpha value is -3.62. The molecule has 1 aliphatic rings. The van der Waals surface area contributed by atoms with Gasteiger partial charge in [0.2, 0.25) is 5.82 Å². The minimum Gasteiger partial charge on any atom is -0.494 e. The molecule has 3 aromatic rings. The van der Waals surface area contributed by atoms with Crippen molar-refractivity contribution < 1.29 is 19.0 Å². The van der Waals surface area contributed by atoms with Gasteiger partial charge in [-0.15, -0.1) is 10.2 Å². The molecule has 0 saturated carbocycles. The van der Waals surface area contributed by atoms with Crippen LogP contribution in [0.15, 0.2) is 42.5 Å². The van der Waals surface area contributed by atoms with Crippen LogP contribution < -0.4 is 19.5 Å². The van der Waals surface area contributed by atoms with Gasteiger partial charge in [-0.3, -0.25) is 4.79 Å². The summed E-state index contributed by atoms with van der Waals surface area (Å²) >= 11 is 0. The molecule has 0 fully saturated rings. The lowest BCUT2D eigenvalue weighted by Crippen LogP contribution is -2.24. The molecule has 186 valence electrons. The summed E-state index contributed by atoms with van der Waals surface area (Å²) in [5.74, 6) is 3.27. The number of tetrazole rings is 1. The third kappa shape index (κ3) is 6.71. The Labute approximate surface area is 205 Å². The minimum atomic E-state index is -0.520. The number of hydrogen-bond donors (Lipinski definition) is 2. The fourth-order valence-electron chi connectivity index (χ4n) is 3.92. The minimum absolute atomic E-state index is 0.252. The Balaban J connectivity index is 1.30. The zero-order valence-electron chi connectivity index (χ0n) is 20.5. The molecule has 0 aliphatic carbocycles. The highest BCUT2D eigenvalue weighted by Crippen LogP contribution is 2.41. The topological polar surface area (TPSA) is 111 Å². The number of nitrogens with zero attached hydrogens (tertiary/aromatic N) is 3. The van der Waals surface area contributed by atoms with Gasteiger partial charge in [-0.2, -0.15) is 5.21 Å². The van der Waals surface area contributed by atoms with Crippen molar-refractivity contribution >= 4 is 11.6 Å². The van der Waals surface area contributed by atoms with Crippen molar-refractivity contribution in [2.75, 3.05) is 18.5 Å². The molecule has 0 bridgehead atoms. The van der Waals surface area contributed by atoms with Crippen molar-refractivity contribution in [3.05, 3.63) is 53.9 Å². The molecule has 9 heteroatoms. The molecule has 0 radical (unpaired) electrons. The first-order valence-corrected chi connectivity index (χ1v) is 12.2. The molecular weight excluding hydrogens is 446 g/mol. The number of ether oxygens (including phenoxy) is 3. The Morgan fingerprint density at radius 3 is 2.71 bits per heavy atom. The van der Waals surface area contributed by atoms with Crippen LogP contribution in [0, 0.1) is 11.8 Å². The quantitative estimate of drug-likeness (QED) is 0.389. The second kappa shape index (κ2) is 11.7. The molecule has 1 aromatic heterocycles. The number of hydrogen-bond acceptors (Lipinski definition) is 7. The molecule has 2 aromatic carbocycles. The maximum Gasteiger partial charge on any atom is 0.255 e. The highest BCUT2D eigenvalue weighted by Gasteiger charge is 2.28. The van der Waals surface area contributed by atoms with Crippen LogP contribution in [0.2, 0.25) is 0 Å². The lowest BCUT2D eigenvalue weighted by molar-refractivity contribution is 0.0856. The van der Waals surface area contributed by atoms with Gasteiger partial charge in [-0.05, 0) is 54.7 Å². The summed E-state index contributed by atoms with van der Waals surface area (Å²) in [6.45, 7) is 7.73. The highest BCUT2D eigenvalue weighted by atomic mass is 16.6. The molecule has 2 heterocycles. The highest BCUT2D eigenvalue weighted by molar-refractivity contribution is 6.05. The Kier molecular flexibility index (Phi) is 8.18. The molecular formula is C26H33N5O4. The number of benzene rings is 2. The van der Waals surface area contributed by atoms with Crippen LogP contribution in [-0.4, -0.2) is 39.7 Å². The average molecular weight is 480 g/mol. The number of nitrogens with one attached hydrogen (secondary N) is 2. The van der Waals surface area contributed by atoms with E-state index in [9.17, 15) is 4.79 Å². The molecule has 2 unspecified atom stereocenters. The fraction of sp³-hybridized carbons (Fsp3) is 0.462. The van der Waals surface area contributed by atoms with E-state index in [1.165, 1.54) is 19.3 Å². The van der Waals surface area contributed by atoms with Crippen LogP contribution in [0.3, 0.4) is 0 Å². The summed E-state index contributed by atoms with van der Waals surface area (Å²) in [6.07, 6.45) is 4.27. The van der Waals surface area contributed by atoms with Gasteiger partial charge in [0.15, 0.2) is 17.6 Å². The standard InChI is InChI=1S/C26H33N5O4/c1-17(2)6-4-7-18(3)14-15-33-20-12-10-19(11-13-20)26(32)27-21-8-5-9-22-24(21)35-23(16-34-22)25-28-30-31-29-25/h5,8-13,17-18,23H,4,6-7,14-16H2,1-3H3,(H,27,32)(H,28,29,30,31). The number of rotatable bonds is 11. The van der Waals surface area contributed by atoms with Gasteiger partial charge in [0, 0.05) is 5.56 Å². The Morgan fingerprint density at radius 1 is 1.14 bits per heavy atom. The maximum absolute atomic E-state index is 12.9. The zero-order chi connectivity index (χ0) is 24.6. The van der Waals surface area contributed by atoms with Crippen LogP contribution in [0.1, 0.15) is 68.7 Å². The summed E-state index contributed by atoms with van der Waals surface area (Å²) in [4.78, 5) is 12.9. The van der Waals surface area contributed by atoms with Crippen LogP contribution in [-0.2, 0) is 0 Å². The van der Waals surface area contributed by atoms with E-state index in [-0.39, 0.29) is 12.5 Å². The van der Waals surface area contributed by atoms with E-state index in [1.54, 1.807) is 30.3 Å². The molecule has 2 atom stereocenters. The first-order chi connectivity index (χ1) is 17.0. The molecule has 35 heavy (non-hydrogen) atoms. The van der Waals surface area contributed by atoms with Crippen molar-refractivity contribution in [3.63, 3.8) is 0 Å². The Morgan fingerprint density at radius 2 is 1.97 bits per heavy atom. The van der Waals surface area contributed by atoms with E-state index in [4.69, 9.17) is 14.2 Å². The van der Waals surface area contributed by atoms with Crippen LogP contribution in [0.4, 0.5) is 5.69 Å². The number of amides is 1. The number of aromatic amines is 1. The summed E-state index contributed by atoms with van der Waals surface area (Å²) in [5.41, 5.74) is 1.02. The van der Waals surface area contributed by atoms with E-state index >= 15 is 0 Å². The first-order valence-electron chi connectivity index (χ1n) is 12.2. The normalized spacial score (nSPS) is 15.6. The van der Waals surface area contributed by atoms with E-state index in [2.05, 4.69) is 46.7 Å². The fourth-order valence-corrected chi connectivity index (χ4v) is 3.92. The van der Waals surface area contributed by atoms with Crippen LogP contribution in [0.25, 0.3) is 0 Å². The number of H-pyrrole nitrogens is 1. The second-order valence-corrected chi connectivity index (χ2v) is 9.37. The monoisotopic (exact) mass is 479 g/mol. The first kappa shape index (κ1) is 24.5. The third-order valence-corrected chi connectivity index (χ3v) is 6.00. The average Bonchev–Trinajstić information content (AvgIpc) is 3.39. The smallest absolute Gasteiger partial charge is 0.255 e. The lowest BCUT2D eigenvalue weighted by Gasteiger charge is -2.26. The summed E-state index contributed by atoms with van der Waals surface area (Å²) in [5, 5.41) is 16.8. The van der Waals surface area contributed by atoms with Crippen molar-refractivity contribution in [1.29, 1.82) is 0 Å². The predicted octanol–water partition coefficient (Wildman–Crippen LogP) is 5.20. The van der Waals surface area contributed by atoms with Crippen molar-refractivity contribution in [2.24, 2.45) is 11.8 Å². The molecule has 2 N–H and O–H groups in total. The van der Waals surface area contributed by atoms with Gasteiger partial charge in [0.05, 0.1) is 12.3 Å². The number of carbonyl (C=O) groups excluding carboxylic acids is 1. The van der Waals surface area contributed by atoms with E-state index in [0.717, 1.165) is 18.1 Å². The molecule has 0 spiro atoms. The largest absolute Gasteiger partial charge is 0.494 e. The van der Waals surface area contributed by atoms with Crippen molar-refractivity contribution in [1.82, 2.24) is 20.6 Å². The van der Waals surface area contributed by atoms with E-state index in [1.807, 2.05) is 12.1 Å². The number of fused-ring (bicyclic) bond motifs is 1. The maximum atomic E-state index is 12.9. The van der Waals surface area contributed by atoms with E-state index < -0.39 is 6.10 Å². The number of aromatic nitrogens is 4. The zero-order valence-corrected chi connectivity index (χ0v) is 20.5. The van der Waals surface area contributed by atoms with E-state index in [0.29, 0.717) is 41.1 Å². The van der Waals surface area contributed by atoms with Crippen molar-refractivity contribution in [3.8, 4) is 17.2 Å². The molecule has 9 nitrogen and oxygen atoms in total. The second-order valence-electron chi connectivity index (χ2n) is 9.37. The number of carbonyl (C=O) groups is 1.